The highest BCUT2D eigenvalue weighted by Crippen LogP contribution is 2.34. The first kappa shape index (κ1) is 21.6. The Morgan fingerprint density at radius 2 is 1.79 bits per heavy atom. The van der Waals surface area contributed by atoms with Gasteiger partial charge in [0.15, 0.2) is 11.5 Å². The number of nitrogens with zero attached hydrogens (tertiary/aromatic N) is 2. The van der Waals surface area contributed by atoms with Gasteiger partial charge in [0.2, 0.25) is 0 Å². The lowest BCUT2D eigenvalue weighted by molar-refractivity contribution is 0.0562. The van der Waals surface area contributed by atoms with Crippen LogP contribution in [0.25, 0.3) is 0 Å². The van der Waals surface area contributed by atoms with E-state index in [-0.39, 0.29) is 16.8 Å². The fraction of sp³-hybridized carbons (Fsp3) is 0.542. The highest BCUT2D eigenvalue weighted by atomic mass is 16.5. The second kappa shape index (κ2) is 8.72. The lowest BCUT2D eigenvalue weighted by Crippen LogP contribution is -2.62. The molecule has 0 atom stereocenters. The number of benzene rings is 1. The molecule has 1 aliphatic heterocycles. The molecule has 0 aliphatic carbocycles. The maximum atomic E-state index is 10.1. The van der Waals surface area contributed by atoms with Gasteiger partial charge in [-0.3, -0.25) is 9.88 Å². The molecule has 1 aliphatic rings. The third-order valence-corrected chi connectivity index (χ3v) is 5.50. The van der Waals surface area contributed by atoms with Crippen molar-refractivity contribution in [1.29, 1.82) is 0 Å². The summed E-state index contributed by atoms with van der Waals surface area (Å²) >= 11 is 0. The van der Waals surface area contributed by atoms with Crippen molar-refractivity contribution in [2.24, 2.45) is 0 Å². The van der Waals surface area contributed by atoms with E-state index >= 15 is 0 Å². The number of aromatic nitrogens is 1. The van der Waals surface area contributed by atoms with Crippen molar-refractivity contribution >= 4 is 0 Å². The summed E-state index contributed by atoms with van der Waals surface area (Å²) < 4.78 is 5.60. The van der Waals surface area contributed by atoms with Crippen molar-refractivity contribution in [3.63, 3.8) is 0 Å². The molecule has 5 heteroatoms. The van der Waals surface area contributed by atoms with Gasteiger partial charge in [-0.05, 0) is 76.8 Å². The van der Waals surface area contributed by atoms with E-state index in [4.69, 9.17) is 4.74 Å². The number of rotatable bonds is 7. The second-order valence-electron chi connectivity index (χ2n) is 9.46. The van der Waals surface area contributed by atoms with Gasteiger partial charge in [0, 0.05) is 42.6 Å². The van der Waals surface area contributed by atoms with Crippen LogP contribution in [0.15, 0.2) is 42.7 Å². The van der Waals surface area contributed by atoms with Crippen LogP contribution in [-0.2, 0) is 13.1 Å². The standard InChI is InChI=1S/C24H35N3O2/c1-6-29-22-12-18(9-10-21(22)28)16-27(17-19-8-7-11-25-15-19)20-13-23(2,3)26-24(4,5)14-20/h7-12,15,20,26,28H,6,13-14,16-17H2,1-5H3. The van der Waals surface area contributed by atoms with Gasteiger partial charge in [0.25, 0.3) is 0 Å². The van der Waals surface area contributed by atoms with E-state index in [0.717, 1.165) is 31.5 Å². The zero-order chi connectivity index (χ0) is 21.1. The molecule has 2 N–H and O–H groups in total. The Labute approximate surface area is 175 Å². The predicted molar refractivity (Wildman–Crippen MR) is 117 cm³/mol. The largest absolute Gasteiger partial charge is 0.504 e. The van der Waals surface area contributed by atoms with Gasteiger partial charge in [-0.1, -0.05) is 12.1 Å². The second-order valence-corrected chi connectivity index (χ2v) is 9.46. The number of piperidine rings is 1. The Balaban J connectivity index is 1.88. The molecule has 1 saturated heterocycles. The van der Waals surface area contributed by atoms with Gasteiger partial charge in [-0.25, -0.2) is 0 Å². The van der Waals surface area contributed by atoms with E-state index in [2.05, 4.69) is 49.0 Å². The first-order valence-corrected chi connectivity index (χ1v) is 10.5. The van der Waals surface area contributed by atoms with E-state index in [0.29, 0.717) is 18.4 Å². The molecule has 5 nitrogen and oxygen atoms in total. The predicted octanol–water partition coefficient (Wildman–Crippen LogP) is 4.50. The molecule has 0 unspecified atom stereocenters. The number of hydrogen-bond donors (Lipinski definition) is 2. The van der Waals surface area contributed by atoms with Gasteiger partial charge in [-0.15, -0.1) is 0 Å². The monoisotopic (exact) mass is 397 g/mol. The van der Waals surface area contributed by atoms with Crippen molar-refractivity contribution in [3.05, 3.63) is 53.9 Å². The molecule has 1 fully saturated rings. The van der Waals surface area contributed by atoms with Gasteiger partial charge >= 0.3 is 0 Å². The average Bonchev–Trinajstić information content (AvgIpc) is 2.62. The minimum atomic E-state index is 0.0744. The Hall–Kier alpha value is -2.11. The summed E-state index contributed by atoms with van der Waals surface area (Å²) in [5.74, 6) is 0.746. The summed E-state index contributed by atoms with van der Waals surface area (Å²) in [6, 6.07) is 10.3. The van der Waals surface area contributed by atoms with Gasteiger partial charge in [0.05, 0.1) is 6.61 Å². The third-order valence-electron chi connectivity index (χ3n) is 5.50. The van der Waals surface area contributed by atoms with E-state index < -0.39 is 0 Å². The third kappa shape index (κ3) is 5.94. The Kier molecular flexibility index (Phi) is 6.49. The summed E-state index contributed by atoms with van der Waals surface area (Å²) in [5.41, 5.74) is 2.51. The molecule has 0 bridgehead atoms. The van der Waals surface area contributed by atoms with Crippen LogP contribution < -0.4 is 10.1 Å². The normalized spacial score (nSPS) is 18.7. The van der Waals surface area contributed by atoms with Crippen molar-refractivity contribution in [2.75, 3.05) is 6.61 Å². The lowest BCUT2D eigenvalue weighted by atomic mass is 9.79. The van der Waals surface area contributed by atoms with E-state index in [1.165, 1.54) is 5.56 Å². The van der Waals surface area contributed by atoms with Crippen molar-refractivity contribution < 1.29 is 9.84 Å². The molecule has 2 heterocycles. The fourth-order valence-corrected chi connectivity index (χ4v) is 4.73. The van der Waals surface area contributed by atoms with Crippen molar-refractivity contribution in [1.82, 2.24) is 15.2 Å². The molecule has 0 radical (unpaired) electrons. The molecule has 3 rings (SSSR count). The Morgan fingerprint density at radius 1 is 1.10 bits per heavy atom. The highest BCUT2D eigenvalue weighted by Gasteiger charge is 2.39. The maximum Gasteiger partial charge on any atom is 0.161 e. The molecular weight excluding hydrogens is 362 g/mol. The molecule has 0 amide bonds. The van der Waals surface area contributed by atoms with Crippen LogP contribution in [0.5, 0.6) is 11.5 Å². The van der Waals surface area contributed by atoms with Crippen LogP contribution in [0.1, 0.15) is 58.6 Å². The van der Waals surface area contributed by atoms with Crippen molar-refractivity contribution in [3.8, 4) is 11.5 Å². The highest BCUT2D eigenvalue weighted by molar-refractivity contribution is 5.41. The van der Waals surface area contributed by atoms with Crippen molar-refractivity contribution in [2.45, 2.75) is 77.7 Å². The smallest absolute Gasteiger partial charge is 0.161 e. The summed E-state index contributed by atoms with van der Waals surface area (Å²) in [6.45, 7) is 13.3. The fourth-order valence-electron chi connectivity index (χ4n) is 4.73. The Morgan fingerprint density at radius 3 is 2.41 bits per heavy atom. The SMILES string of the molecule is CCOc1cc(CN(Cc2cccnc2)C2CC(C)(C)NC(C)(C)C2)ccc1O. The zero-order valence-electron chi connectivity index (χ0n) is 18.4. The zero-order valence-corrected chi connectivity index (χ0v) is 18.4. The van der Waals surface area contributed by atoms with Crippen LogP contribution in [-0.4, -0.2) is 38.7 Å². The summed E-state index contributed by atoms with van der Waals surface area (Å²) in [5, 5.41) is 13.9. The van der Waals surface area contributed by atoms with Crippen LogP contribution >= 0.6 is 0 Å². The van der Waals surface area contributed by atoms with Crippen LogP contribution in [0, 0.1) is 0 Å². The Bertz CT molecular complexity index is 789. The lowest BCUT2D eigenvalue weighted by Gasteiger charge is -2.49. The number of phenols is 1. The number of ether oxygens (including phenoxy) is 1. The first-order valence-electron chi connectivity index (χ1n) is 10.5. The van der Waals surface area contributed by atoms with Crippen LogP contribution in [0.3, 0.4) is 0 Å². The number of hydrogen-bond acceptors (Lipinski definition) is 5. The van der Waals surface area contributed by atoms with E-state index in [9.17, 15) is 5.11 Å². The van der Waals surface area contributed by atoms with E-state index in [1.807, 2.05) is 37.5 Å². The van der Waals surface area contributed by atoms with E-state index in [1.54, 1.807) is 6.07 Å². The quantitative estimate of drug-likeness (QED) is 0.720. The number of phenolic OH excluding ortho intramolecular Hbond substituents is 1. The maximum absolute atomic E-state index is 10.1. The van der Waals surface area contributed by atoms with Gasteiger partial charge in [-0.2, -0.15) is 0 Å². The first-order chi connectivity index (χ1) is 13.7. The molecule has 1 aromatic heterocycles. The number of nitrogens with one attached hydrogen (secondary N) is 1. The minimum Gasteiger partial charge on any atom is -0.504 e. The topological polar surface area (TPSA) is 57.6 Å². The summed E-state index contributed by atoms with van der Waals surface area (Å²) in [6.07, 6.45) is 5.92. The van der Waals surface area contributed by atoms with Crippen LogP contribution in [0.2, 0.25) is 0 Å². The summed E-state index contributed by atoms with van der Waals surface area (Å²) in [7, 11) is 0. The number of aromatic hydroxyl groups is 1. The minimum absolute atomic E-state index is 0.0744. The average molecular weight is 398 g/mol. The summed E-state index contributed by atoms with van der Waals surface area (Å²) in [4.78, 5) is 6.85. The molecule has 0 spiro atoms. The number of pyridine rings is 1. The molecule has 1 aromatic carbocycles. The molecule has 29 heavy (non-hydrogen) atoms. The van der Waals surface area contributed by atoms with Gasteiger partial charge in [0.1, 0.15) is 0 Å². The van der Waals surface area contributed by atoms with Crippen LogP contribution in [0.4, 0.5) is 0 Å². The molecule has 158 valence electrons. The molecular formula is C24H35N3O2. The molecule has 2 aromatic rings. The van der Waals surface area contributed by atoms with Gasteiger partial charge < -0.3 is 15.2 Å². The molecule has 0 saturated carbocycles.